The highest BCUT2D eigenvalue weighted by atomic mass is 16.6. The van der Waals surface area contributed by atoms with E-state index in [1.54, 1.807) is 0 Å². The van der Waals surface area contributed by atoms with Gasteiger partial charge in [0, 0.05) is 0 Å². The van der Waals surface area contributed by atoms with E-state index in [9.17, 15) is 0 Å². The summed E-state index contributed by atoms with van der Waals surface area (Å²) in [7, 11) is 1.44. The molecule has 2 aromatic carbocycles. The van der Waals surface area contributed by atoms with Gasteiger partial charge >= 0.3 is 7.69 Å². The Morgan fingerprint density at radius 1 is 0.519 bits per heavy atom. The molecule has 0 amide bonds. The van der Waals surface area contributed by atoms with Crippen LogP contribution in [-0.4, -0.2) is 7.69 Å². The van der Waals surface area contributed by atoms with Crippen molar-refractivity contribution in [2.75, 3.05) is 0 Å². The Kier molecular flexibility index (Phi) is 6.39. The Hall–Kier alpha value is -1.90. The van der Waals surface area contributed by atoms with Crippen molar-refractivity contribution in [3.05, 3.63) is 59.7 Å². The van der Waals surface area contributed by atoms with Crippen molar-refractivity contribution in [2.45, 2.75) is 76.0 Å². The van der Waals surface area contributed by atoms with Gasteiger partial charge in [-0.05, 0) is 72.9 Å². The molecule has 0 bridgehead atoms. The van der Waals surface area contributed by atoms with Crippen LogP contribution in [0.2, 0.25) is 0 Å². The summed E-state index contributed by atoms with van der Waals surface area (Å²) in [6, 6.07) is 17.0. The van der Waals surface area contributed by atoms with Gasteiger partial charge in [0.2, 0.25) is 0 Å². The molecule has 2 aromatic rings. The predicted octanol–water partition coefficient (Wildman–Crippen LogP) is 6.77. The monoisotopic (exact) mass is 361 g/mol. The number of hydrogen-bond acceptors (Lipinski definition) is 2. The lowest BCUT2D eigenvalue weighted by Gasteiger charge is -2.22. The summed E-state index contributed by atoms with van der Waals surface area (Å²) in [6.07, 6.45) is 13.6. The van der Waals surface area contributed by atoms with Gasteiger partial charge in [-0.3, -0.25) is 0 Å². The molecule has 0 atom stereocenters. The largest absolute Gasteiger partial charge is 0.658 e. The van der Waals surface area contributed by atoms with Crippen molar-refractivity contribution >= 4 is 7.69 Å². The lowest BCUT2D eigenvalue weighted by Crippen LogP contribution is -2.11. The number of hydrogen-bond donors (Lipinski definition) is 0. The summed E-state index contributed by atoms with van der Waals surface area (Å²) in [4.78, 5) is 0. The molecule has 0 aliphatic heterocycles. The van der Waals surface area contributed by atoms with Gasteiger partial charge in [-0.25, -0.2) is 0 Å². The first kappa shape index (κ1) is 18.5. The van der Waals surface area contributed by atoms with E-state index in [0.29, 0.717) is 0 Å². The van der Waals surface area contributed by atoms with Crippen LogP contribution in [0.4, 0.5) is 0 Å². The van der Waals surface area contributed by atoms with Crippen LogP contribution in [0.1, 0.15) is 87.2 Å². The topological polar surface area (TPSA) is 18.5 Å². The van der Waals surface area contributed by atoms with Crippen molar-refractivity contribution in [1.29, 1.82) is 0 Å². The molecule has 0 heterocycles. The first-order valence-corrected chi connectivity index (χ1v) is 10.7. The molecule has 2 saturated carbocycles. The van der Waals surface area contributed by atoms with Crippen molar-refractivity contribution in [2.24, 2.45) is 0 Å². The predicted molar refractivity (Wildman–Crippen MR) is 112 cm³/mol. The smallest absolute Gasteiger partial charge is 0.526 e. The molecule has 0 N–H and O–H groups in total. The molecule has 0 spiro atoms. The molecular weight excluding hydrogens is 331 g/mol. The standard InChI is InChI=1S/C24H30BO2/c1-3-7-19(8-4-1)21-11-15-23(16-12-21)26-25-27-24-17-13-22(14-18-24)20-9-5-2-6-10-20/h11-20H,1-10H2. The first-order valence-electron chi connectivity index (χ1n) is 10.7. The minimum Gasteiger partial charge on any atom is -0.526 e. The molecule has 0 saturated heterocycles. The highest BCUT2D eigenvalue weighted by Crippen LogP contribution is 2.34. The zero-order valence-electron chi connectivity index (χ0n) is 16.2. The maximum Gasteiger partial charge on any atom is 0.658 e. The Morgan fingerprint density at radius 3 is 1.26 bits per heavy atom. The molecule has 4 rings (SSSR count). The molecule has 27 heavy (non-hydrogen) atoms. The van der Waals surface area contributed by atoms with Gasteiger partial charge in [0.05, 0.1) is 0 Å². The number of benzene rings is 2. The number of rotatable bonds is 6. The van der Waals surface area contributed by atoms with Crippen LogP contribution in [0.25, 0.3) is 0 Å². The fraction of sp³-hybridized carbons (Fsp3) is 0.500. The average molecular weight is 361 g/mol. The summed E-state index contributed by atoms with van der Waals surface area (Å²) < 4.78 is 11.3. The third kappa shape index (κ3) is 5.09. The van der Waals surface area contributed by atoms with Crippen molar-refractivity contribution in [1.82, 2.24) is 0 Å². The van der Waals surface area contributed by atoms with E-state index in [4.69, 9.17) is 9.31 Å². The van der Waals surface area contributed by atoms with Crippen LogP contribution in [0.15, 0.2) is 48.5 Å². The van der Waals surface area contributed by atoms with Crippen LogP contribution in [-0.2, 0) is 0 Å². The second-order valence-corrected chi connectivity index (χ2v) is 8.14. The lowest BCUT2D eigenvalue weighted by molar-refractivity contribution is 0.440. The summed E-state index contributed by atoms with van der Waals surface area (Å²) in [5, 5.41) is 0. The zero-order chi connectivity index (χ0) is 18.3. The Labute approximate surface area is 164 Å². The van der Waals surface area contributed by atoms with E-state index in [2.05, 4.69) is 48.5 Å². The molecule has 2 nitrogen and oxygen atoms in total. The normalized spacial score (nSPS) is 18.8. The fourth-order valence-corrected chi connectivity index (χ4v) is 4.64. The van der Waals surface area contributed by atoms with Gasteiger partial charge < -0.3 is 9.31 Å². The highest BCUT2D eigenvalue weighted by Gasteiger charge is 2.16. The third-order valence-electron chi connectivity index (χ3n) is 6.28. The Morgan fingerprint density at radius 2 is 0.889 bits per heavy atom. The fourth-order valence-electron chi connectivity index (χ4n) is 4.64. The van der Waals surface area contributed by atoms with Gasteiger partial charge in [-0.2, -0.15) is 0 Å². The average Bonchev–Trinajstić information content (AvgIpc) is 2.76. The summed E-state index contributed by atoms with van der Waals surface area (Å²) in [5.41, 5.74) is 2.89. The Balaban J connectivity index is 1.24. The molecule has 3 heteroatoms. The van der Waals surface area contributed by atoms with Crippen molar-refractivity contribution in [3.63, 3.8) is 0 Å². The third-order valence-corrected chi connectivity index (χ3v) is 6.28. The van der Waals surface area contributed by atoms with Crippen LogP contribution in [0.5, 0.6) is 11.5 Å². The van der Waals surface area contributed by atoms with E-state index in [-0.39, 0.29) is 0 Å². The van der Waals surface area contributed by atoms with Gasteiger partial charge in [0.15, 0.2) is 0 Å². The maximum atomic E-state index is 5.65. The molecule has 2 aliphatic carbocycles. The van der Waals surface area contributed by atoms with E-state index in [0.717, 1.165) is 23.3 Å². The first-order chi connectivity index (χ1) is 13.4. The molecule has 2 fully saturated rings. The molecule has 0 unspecified atom stereocenters. The van der Waals surface area contributed by atoms with Crippen LogP contribution >= 0.6 is 0 Å². The van der Waals surface area contributed by atoms with E-state index in [1.807, 2.05) is 0 Å². The lowest BCUT2D eigenvalue weighted by atomic mass is 9.84. The summed E-state index contributed by atoms with van der Waals surface area (Å²) in [6.45, 7) is 0. The maximum absolute atomic E-state index is 5.65. The zero-order valence-corrected chi connectivity index (χ0v) is 16.2. The molecule has 1 radical (unpaired) electrons. The van der Waals surface area contributed by atoms with Crippen LogP contribution < -0.4 is 9.31 Å². The van der Waals surface area contributed by atoms with E-state index in [1.165, 1.54) is 83.0 Å². The minimum atomic E-state index is 0.732. The Bertz CT molecular complexity index is 622. The molecule has 2 aliphatic rings. The molecule has 0 aromatic heterocycles. The quantitative estimate of drug-likeness (QED) is 0.528. The highest BCUT2D eigenvalue weighted by molar-refractivity contribution is 6.20. The van der Waals surface area contributed by atoms with Crippen LogP contribution in [0.3, 0.4) is 0 Å². The van der Waals surface area contributed by atoms with Gasteiger partial charge in [0.1, 0.15) is 11.5 Å². The second-order valence-electron chi connectivity index (χ2n) is 8.14. The van der Waals surface area contributed by atoms with E-state index < -0.39 is 0 Å². The summed E-state index contributed by atoms with van der Waals surface area (Å²) in [5.74, 6) is 3.12. The van der Waals surface area contributed by atoms with Gasteiger partial charge in [-0.15, -0.1) is 0 Å². The molecular formula is C24H30BO2. The second kappa shape index (κ2) is 9.35. The van der Waals surface area contributed by atoms with Crippen molar-refractivity contribution in [3.8, 4) is 11.5 Å². The van der Waals surface area contributed by atoms with Crippen molar-refractivity contribution < 1.29 is 9.31 Å². The SMILES string of the molecule is [B](Oc1ccc(C2CCCCC2)cc1)Oc1ccc(C2CCCCC2)cc1. The van der Waals surface area contributed by atoms with Gasteiger partial charge in [-0.1, -0.05) is 62.8 Å². The molecule has 141 valence electrons. The minimum absolute atomic E-state index is 0.732. The summed E-state index contributed by atoms with van der Waals surface area (Å²) >= 11 is 0. The van der Waals surface area contributed by atoms with E-state index >= 15 is 0 Å². The van der Waals surface area contributed by atoms with Crippen LogP contribution in [0, 0.1) is 0 Å². The van der Waals surface area contributed by atoms with Gasteiger partial charge in [0.25, 0.3) is 0 Å².